The summed E-state index contributed by atoms with van der Waals surface area (Å²) in [7, 11) is 1.66. The molecule has 2 atom stereocenters. The molecule has 2 fully saturated rings. The van der Waals surface area contributed by atoms with Crippen molar-refractivity contribution in [3.8, 4) is 16.9 Å². The molecule has 1 aromatic heterocycles. The molecule has 0 spiro atoms. The Bertz CT molecular complexity index is 1370. The van der Waals surface area contributed by atoms with Crippen molar-refractivity contribution in [2.45, 2.75) is 6.42 Å². The summed E-state index contributed by atoms with van der Waals surface area (Å²) in [5, 5.41) is 1.06. The van der Waals surface area contributed by atoms with Crippen LogP contribution in [-0.4, -0.2) is 54.1 Å². The van der Waals surface area contributed by atoms with Crippen molar-refractivity contribution in [3.63, 3.8) is 0 Å². The number of amides is 1. The minimum Gasteiger partial charge on any atom is -0.497 e. The van der Waals surface area contributed by atoms with Gasteiger partial charge in [0.05, 0.1) is 12.6 Å². The van der Waals surface area contributed by atoms with E-state index in [4.69, 9.17) is 9.72 Å². The van der Waals surface area contributed by atoms with Crippen LogP contribution < -0.4 is 9.64 Å². The maximum Gasteiger partial charge on any atom is 0.254 e. The number of fused-ring (bicyclic) bond motifs is 3. The normalized spacial score (nSPS) is 19.6. The summed E-state index contributed by atoms with van der Waals surface area (Å²) in [5.74, 6) is 2.50. The first-order valence-corrected chi connectivity index (χ1v) is 12.2. The first kappa shape index (κ1) is 21.6. The van der Waals surface area contributed by atoms with Crippen molar-refractivity contribution in [1.29, 1.82) is 0 Å². The molecule has 2 unspecified atom stereocenters. The van der Waals surface area contributed by atoms with E-state index in [0.717, 1.165) is 71.9 Å². The minimum absolute atomic E-state index is 0.105. The number of carbonyl (C=O) groups excluding carboxylic acids is 1. The summed E-state index contributed by atoms with van der Waals surface area (Å²) in [5.41, 5.74) is 3.65. The Morgan fingerprint density at radius 1 is 0.914 bits per heavy atom. The second kappa shape index (κ2) is 9.02. The predicted molar refractivity (Wildman–Crippen MR) is 138 cm³/mol. The smallest absolute Gasteiger partial charge is 0.254 e. The molecule has 176 valence electrons. The molecule has 0 radical (unpaired) electrons. The van der Waals surface area contributed by atoms with E-state index in [9.17, 15) is 4.79 Å². The average molecular weight is 465 g/mol. The first-order chi connectivity index (χ1) is 17.2. The summed E-state index contributed by atoms with van der Waals surface area (Å²) in [6.07, 6.45) is 3.05. The van der Waals surface area contributed by atoms with Gasteiger partial charge in [-0.25, -0.2) is 9.97 Å². The summed E-state index contributed by atoms with van der Waals surface area (Å²) in [4.78, 5) is 27.5. The van der Waals surface area contributed by atoms with E-state index in [-0.39, 0.29) is 5.91 Å². The summed E-state index contributed by atoms with van der Waals surface area (Å²) in [6.45, 7) is 3.25. The lowest BCUT2D eigenvalue weighted by Crippen LogP contribution is -2.54. The third-order valence-electron chi connectivity index (χ3n) is 7.17. The number of benzene rings is 3. The number of carbonyl (C=O) groups is 1. The molecule has 0 saturated carbocycles. The van der Waals surface area contributed by atoms with Crippen LogP contribution in [0, 0.1) is 11.8 Å². The molecule has 0 N–H and O–H groups in total. The van der Waals surface area contributed by atoms with Gasteiger partial charge in [-0.1, -0.05) is 48.5 Å². The van der Waals surface area contributed by atoms with E-state index in [2.05, 4.69) is 14.8 Å². The van der Waals surface area contributed by atoms with Crippen molar-refractivity contribution in [1.82, 2.24) is 14.9 Å². The first-order valence-electron chi connectivity index (χ1n) is 12.2. The van der Waals surface area contributed by atoms with E-state index >= 15 is 0 Å². The monoisotopic (exact) mass is 464 g/mol. The Morgan fingerprint density at radius 3 is 2.51 bits per heavy atom. The van der Waals surface area contributed by atoms with Crippen LogP contribution in [0.4, 0.5) is 5.95 Å². The molecule has 6 rings (SSSR count). The summed E-state index contributed by atoms with van der Waals surface area (Å²) >= 11 is 0. The van der Waals surface area contributed by atoms with Crippen LogP contribution in [0.5, 0.6) is 5.75 Å². The van der Waals surface area contributed by atoms with Gasteiger partial charge in [0.15, 0.2) is 0 Å². The molecule has 35 heavy (non-hydrogen) atoms. The maximum atomic E-state index is 13.7. The zero-order valence-electron chi connectivity index (χ0n) is 19.8. The van der Waals surface area contributed by atoms with Crippen molar-refractivity contribution in [2.24, 2.45) is 11.8 Å². The average Bonchev–Trinajstić information content (AvgIpc) is 2.92. The van der Waals surface area contributed by atoms with Gasteiger partial charge in [-0.3, -0.25) is 4.79 Å². The van der Waals surface area contributed by atoms with Gasteiger partial charge in [-0.15, -0.1) is 0 Å². The van der Waals surface area contributed by atoms with Gasteiger partial charge in [0, 0.05) is 43.3 Å². The van der Waals surface area contributed by atoms with Gasteiger partial charge in [0.25, 0.3) is 5.91 Å². The zero-order chi connectivity index (χ0) is 23.8. The topological polar surface area (TPSA) is 58.6 Å². The van der Waals surface area contributed by atoms with Gasteiger partial charge in [0.1, 0.15) is 5.75 Å². The fraction of sp³-hybridized carbons (Fsp3) is 0.276. The Kier molecular flexibility index (Phi) is 5.57. The number of rotatable bonds is 4. The highest BCUT2D eigenvalue weighted by Crippen LogP contribution is 2.33. The molecule has 1 amide bonds. The van der Waals surface area contributed by atoms with Crippen LogP contribution in [0.2, 0.25) is 0 Å². The number of piperidine rings is 2. The Labute approximate surface area is 205 Å². The van der Waals surface area contributed by atoms with Crippen LogP contribution in [0.3, 0.4) is 0 Å². The van der Waals surface area contributed by atoms with E-state index < -0.39 is 0 Å². The molecule has 2 aliphatic rings. The maximum absolute atomic E-state index is 13.7. The highest BCUT2D eigenvalue weighted by atomic mass is 16.5. The highest BCUT2D eigenvalue weighted by Gasteiger charge is 2.37. The van der Waals surface area contributed by atoms with Crippen molar-refractivity contribution in [2.75, 3.05) is 38.2 Å². The second-order valence-electron chi connectivity index (χ2n) is 9.59. The molecule has 2 aliphatic heterocycles. The molecule has 3 aromatic carbocycles. The molecule has 2 bridgehead atoms. The van der Waals surface area contributed by atoms with Crippen LogP contribution in [0.1, 0.15) is 16.8 Å². The number of nitrogens with zero attached hydrogens (tertiary/aromatic N) is 4. The fourth-order valence-electron chi connectivity index (χ4n) is 5.61. The van der Waals surface area contributed by atoms with Gasteiger partial charge < -0.3 is 14.5 Å². The highest BCUT2D eigenvalue weighted by molar-refractivity contribution is 6.01. The number of likely N-dealkylation sites (tertiary alicyclic amines) is 1. The Balaban J connectivity index is 1.22. The van der Waals surface area contributed by atoms with E-state index in [1.54, 1.807) is 7.11 Å². The second-order valence-corrected chi connectivity index (χ2v) is 9.59. The molecule has 6 heteroatoms. The number of hydrogen-bond donors (Lipinski definition) is 0. The largest absolute Gasteiger partial charge is 0.497 e. The lowest BCUT2D eigenvalue weighted by atomic mass is 9.84. The fourth-order valence-corrected chi connectivity index (χ4v) is 5.61. The lowest BCUT2D eigenvalue weighted by Gasteiger charge is -2.46. The number of methoxy groups -OCH3 is 1. The SMILES string of the molecule is COc1cccc(-c2ccccc2C(=O)N2CC3CC(C2)CN(c2ncc4ccccc4n2)C3)c1. The minimum atomic E-state index is 0.105. The van der Waals surface area contributed by atoms with Gasteiger partial charge >= 0.3 is 0 Å². The predicted octanol–water partition coefficient (Wildman–Crippen LogP) is 4.90. The number of anilines is 1. The number of hydrogen-bond acceptors (Lipinski definition) is 5. The van der Waals surface area contributed by atoms with Gasteiger partial charge in [-0.2, -0.15) is 0 Å². The summed E-state index contributed by atoms with van der Waals surface area (Å²) in [6, 6.07) is 23.9. The van der Waals surface area contributed by atoms with Crippen LogP contribution in [0.25, 0.3) is 22.0 Å². The number of aromatic nitrogens is 2. The molecule has 6 nitrogen and oxygen atoms in total. The molecule has 2 saturated heterocycles. The van der Waals surface area contributed by atoms with Crippen molar-refractivity contribution in [3.05, 3.63) is 84.6 Å². The van der Waals surface area contributed by atoms with Crippen LogP contribution in [-0.2, 0) is 0 Å². The summed E-state index contributed by atoms with van der Waals surface area (Å²) < 4.78 is 5.40. The van der Waals surface area contributed by atoms with Gasteiger partial charge in [0.2, 0.25) is 5.95 Å². The Hall–Kier alpha value is -3.93. The molecule has 3 heterocycles. The zero-order valence-corrected chi connectivity index (χ0v) is 19.8. The molecular formula is C29H28N4O2. The van der Waals surface area contributed by atoms with Crippen LogP contribution >= 0.6 is 0 Å². The lowest BCUT2D eigenvalue weighted by molar-refractivity contribution is 0.0564. The van der Waals surface area contributed by atoms with E-state index in [0.29, 0.717) is 11.8 Å². The molecule has 0 aliphatic carbocycles. The molecule has 4 aromatic rings. The van der Waals surface area contributed by atoms with Crippen molar-refractivity contribution < 1.29 is 9.53 Å². The third kappa shape index (κ3) is 4.20. The van der Waals surface area contributed by atoms with Crippen molar-refractivity contribution >= 4 is 22.8 Å². The van der Waals surface area contributed by atoms with E-state index in [1.807, 2.05) is 79.0 Å². The number of para-hydroxylation sites is 1. The van der Waals surface area contributed by atoms with Gasteiger partial charge in [-0.05, 0) is 53.6 Å². The third-order valence-corrected chi connectivity index (χ3v) is 7.17. The quantitative estimate of drug-likeness (QED) is 0.430. The number of ether oxygens (including phenoxy) is 1. The van der Waals surface area contributed by atoms with Crippen LogP contribution in [0.15, 0.2) is 79.0 Å². The standard InChI is InChI=1S/C29H28N4O2/c1-35-24-9-6-8-22(14-24)25-10-3-4-11-26(25)28(34)32-16-20-13-21(17-32)19-33(18-20)29-30-15-23-7-2-5-12-27(23)31-29/h2-12,14-15,20-21H,13,16-19H2,1H3. The van der Waals surface area contributed by atoms with E-state index in [1.165, 1.54) is 0 Å². The molecular weight excluding hydrogens is 436 g/mol. The Morgan fingerprint density at radius 2 is 1.69 bits per heavy atom.